The smallest absolute Gasteiger partial charge is 0.371 e. The first-order valence-corrected chi connectivity index (χ1v) is 18.2. The normalized spacial score (nSPS) is 27.4. The summed E-state index contributed by atoms with van der Waals surface area (Å²) in [5.41, 5.74) is 0.335. The van der Waals surface area contributed by atoms with E-state index < -0.39 is 128 Å². The molecule has 274 valence electrons. The fraction of sp³-hybridized carbons (Fsp3) is 0.483. The van der Waals surface area contributed by atoms with Gasteiger partial charge in [0.2, 0.25) is 5.78 Å². The van der Waals surface area contributed by atoms with Crippen molar-refractivity contribution in [2.75, 3.05) is 20.3 Å². The molecule has 1 fully saturated rings. The van der Waals surface area contributed by atoms with Crippen LogP contribution in [0.3, 0.4) is 0 Å². The molecular formula is C29H36N2O17P2. The molecule has 0 spiro atoms. The van der Waals surface area contributed by atoms with E-state index in [1.54, 1.807) is 0 Å². The van der Waals surface area contributed by atoms with Gasteiger partial charge in [0.05, 0.1) is 61.0 Å². The van der Waals surface area contributed by atoms with E-state index in [0.29, 0.717) is 0 Å². The summed E-state index contributed by atoms with van der Waals surface area (Å²) in [6.45, 7) is -1.48. The summed E-state index contributed by atoms with van der Waals surface area (Å²) in [5.74, 6) is -3.54. The number of phenolic OH excluding ortho intramolecular Hbond substituents is 2. The van der Waals surface area contributed by atoms with Gasteiger partial charge in [-0.25, -0.2) is 0 Å². The number of aromatic hydroxyl groups is 2. The van der Waals surface area contributed by atoms with Crippen molar-refractivity contribution in [1.82, 2.24) is 0 Å². The molecule has 0 bridgehead atoms. The number of nitrogens with zero attached hydrogens (tertiary/aromatic N) is 1. The molecule has 3 aliphatic rings. The number of nitrogens with two attached hydrogens (primary N) is 1. The second kappa shape index (κ2) is 13.1. The zero-order valence-electron chi connectivity index (χ0n) is 26.4. The number of ether oxygens (including phenoxy) is 3. The Morgan fingerprint density at radius 1 is 1.08 bits per heavy atom. The number of phenols is 2. The van der Waals surface area contributed by atoms with E-state index in [1.807, 2.05) is 0 Å². The van der Waals surface area contributed by atoms with E-state index in [-0.39, 0.29) is 28.9 Å². The summed E-state index contributed by atoms with van der Waals surface area (Å²) in [6, 6.07) is 3.23. The highest BCUT2D eigenvalue weighted by atomic mass is 31.2. The Labute approximate surface area is 282 Å². The van der Waals surface area contributed by atoms with Crippen molar-refractivity contribution in [3.8, 4) is 17.2 Å². The molecule has 1 aliphatic heterocycles. The van der Waals surface area contributed by atoms with Crippen molar-refractivity contribution in [2.45, 2.75) is 67.5 Å². The van der Waals surface area contributed by atoms with Crippen LogP contribution in [0.1, 0.15) is 68.8 Å². The molecule has 19 nitrogen and oxygen atoms in total. The Bertz CT molecular complexity index is 1840. The summed E-state index contributed by atoms with van der Waals surface area (Å²) in [6.07, 6.45) is -6.57. The van der Waals surface area contributed by atoms with Gasteiger partial charge in [0.15, 0.2) is 12.1 Å². The van der Waals surface area contributed by atoms with Gasteiger partial charge in [0.25, 0.3) is 5.08 Å². The molecule has 12 N–H and O–H groups in total. The van der Waals surface area contributed by atoms with E-state index in [2.05, 4.69) is 4.99 Å². The molecule has 6 atom stereocenters. The van der Waals surface area contributed by atoms with Gasteiger partial charge in [-0.2, -0.15) is 0 Å². The Balaban J connectivity index is 1.70. The van der Waals surface area contributed by atoms with E-state index in [9.17, 15) is 68.9 Å². The molecule has 1 saturated heterocycles. The molecule has 2 aliphatic carbocycles. The average molecular weight is 747 g/mol. The molecule has 0 saturated carbocycles. The fourth-order valence-corrected chi connectivity index (χ4v) is 8.38. The van der Waals surface area contributed by atoms with Gasteiger partial charge in [-0.15, -0.1) is 0 Å². The molecule has 5 rings (SSSR count). The second-order valence-electron chi connectivity index (χ2n) is 12.4. The Morgan fingerprint density at radius 3 is 2.26 bits per heavy atom. The quantitative estimate of drug-likeness (QED) is 0.0701. The number of carbonyl (C=O) groups excluding carboxylic acids is 2. The van der Waals surface area contributed by atoms with Crippen LogP contribution in [0.4, 0.5) is 0 Å². The molecule has 1 heterocycles. The number of aliphatic imine (C=N–C) groups is 1. The Kier molecular flexibility index (Phi) is 10.0. The Hall–Kier alpha value is -3.13. The fourth-order valence-electron chi connectivity index (χ4n) is 6.51. The number of hydrogen-bond donors (Lipinski definition) is 11. The highest BCUT2D eigenvalue weighted by molar-refractivity contribution is 7.72. The van der Waals surface area contributed by atoms with Gasteiger partial charge < -0.3 is 70.2 Å². The number of methoxy groups -OCH3 is 1. The summed E-state index contributed by atoms with van der Waals surface area (Å²) in [5, 5.41) is 62.2. The molecule has 21 heteroatoms. The zero-order valence-corrected chi connectivity index (χ0v) is 28.2. The summed E-state index contributed by atoms with van der Waals surface area (Å²) in [7, 11) is -10.8. The lowest BCUT2D eigenvalue weighted by Gasteiger charge is -2.43. The topological polar surface area (TPSA) is 337 Å². The molecule has 2 aromatic rings. The molecule has 0 unspecified atom stereocenters. The van der Waals surface area contributed by atoms with Crippen LogP contribution in [0, 0.1) is 0 Å². The first-order valence-electron chi connectivity index (χ1n) is 14.9. The predicted molar refractivity (Wildman–Crippen MR) is 168 cm³/mol. The van der Waals surface area contributed by atoms with Gasteiger partial charge in [-0.1, -0.05) is 12.1 Å². The molecule has 0 radical (unpaired) electrons. The van der Waals surface area contributed by atoms with Crippen molar-refractivity contribution >= 4 is 32.5 Å². The number of ketones is 2. The highest BCUT2D eigenvalue weighted by Gasteiger charge is 2.60. The monoisotopic (exact) mass is 746 g/mol. The highest BCUT2D eigenvalue weighted by Crippen LogP contribution is 2.67. The lowest BCUT2D eigenvalue weighted by Crippen LogP contribution is -2.53. The number of fused-ring (bicyclic) bond motifs is 3. The van der Waals surface area contributed by atoms with Crippen LogP contribution >= 0.6 is 15.2 Å². The van der Waals surface area contributed by atoms with Crippen LogP contribution in [0.2, 0.25) is 0 Å². The van der Waals surface area contributed by atoms with Crippen LogP contribution < -0.4 is 10.5 Å². The van der Waals surface area contributed by atoms with E-state index in [0.717, 1.165) is 0 Å². The maximum atomic E-state index is 13.9. The molecule has 0 aromatic heterocycles. The lowest BCUT2D eigenvalue weighted by atomic mass is 9.71. The number of rotatable bonds is 9. The van der Waals surface area contributed by atoms with E-state index >= 15 is 0 Å². The van der Waals surface area contributed by atoms with Gasteiger partial charge in [0.1, 0.15) is 22.8 Å². The molecule has 0 amide bonds. The molecule has 50 heavy (non-hydrogen) atoms. The molecule has 2 aromatic carbocycles. The minimum absolute atomic E-state index is 0.00297. The number of aliphatic hydroxyl groups excluding tert-OH is 2. The maximum Gasteiger partial charge on any atom is 0.371 e. The van der Waals surface area contributed by atoms with Gasteiger partial charge in [0, 0.05) is 42.0 Å². The summed E-state index contributed by atoms with van der Waals surface area (Å²) >= 11 is 0. The standard InChI is InChI=1S/C29H36N2O17P2/c1-11-23(33)14(30)6-18(47-11)48-16-8-28(38,17(9-32)31-10-29(39,49(40,41)42)50(43,44)45)7-13-20(16)27(37)22-21(25(13)35)24(34)12-4-3-5-15(46-2)19(12)26(22)36/h3-5,11,14,16,18,23,32-33,35,37-39H,6-10,30H2,1-2H3,(H2,40,41,42)(H2,43,44,45)/t11-,14-,16-,18-,23+,28-/m0/s1. The van der Waals surface area contributed by atoms with Crippen LogP contribution in [-0.4, -0.2) is 123 Å². The lowest BCUT2D eigenvalue weighted by molar-refractivity contribution is -0.245. The second-order valence-corrected chi connectivity index (χ2v) is 16.4. The SMILES string of the molecule is COc1cccc2c1C(=O)c1c(O)c3c(c(O)c1C2=O)C[C@@](O)(C(CO)=NCC(O)(P(=O)(O)O)P(=O)(O)O)C[C@@H]3O[C@H]1C[C@H](N)[C@H](O)[C@H](C)O1. The van der Waals surface area contributed by atoms with Crippen LogP contribution in [0.5, 0.6) is 17.2 Å². The minimum Gasteiger partial charge on any atom is -0.507 e. The Morgan fingerprint density at radius 2 is 1.70 bits per heavy atom. The third kappa shape index (κ3) is 6.11. The predicted octanol–water partition coefficient (Wildman–Crippen LogP) is -1.13. The van der Waals surface area contributed by atoms with Crippen molar-refractivity contribution in [3.63, 3.8) is 0 Å². The van der Waals surface area contributed by atoms with Crippen molar-refractivity contribution in [3.05, 3.63) is 51.6 Å². The van der Waals surface area contributed by atoms with Gasteiger partial charge in [-0.3, -0.25) is 23.7 Å². The average Bonchev–Trinajstić information content (AvgIpc) is 3.02. The van der Waals surface area contributed by atoms with Crippen LogP contribution in [0.15, 0.2) is 23.2 Å². The molecular weight excluding hydrogens is 710 g/mol. The van der Waals surface area contributed by atoms with Gasteiger partial charge in [-0.05, 0) is 13.0 Å². The number of carbonyl (C=O) groups is 2. The number of hydrogen-bond acceptors (Lipinski definition) is 15. The summed E-state index contributed by atoms with van der Waals surface area (Å²) in [4.78, 5) is 69.5. The van der Waals surface area contributed by atoms with Crippen molar-refractivity contribution in [2.24, 2.45) is 10.7 Å². The first-order chi connectivity index (χ1) is 23.1. The minimum atomic E-state index is -6.02. The first kappa shape index (κ1) is 38.1. The largest absolute Gasteiger partial charge is 0.507 e. The van der Waals surface area contributed by atoms with Crippen molar-refractivity contribution in [1.29, 1.82) is 0 Å². The zero-order chi connectivity index (χ0) is 37.3. The van der Waals surface area contributed by atoms with E-state index in [1.165, 1.54) is 32.2 Å². The van der Waals surface area contributed by atoms with Crippen molar-refractivity contribution < 1.29 is 83.1 Å². The van der Waals surface area contributed by atoms with Crippen LogP contribution in [-0.2, 0) is 25.0 Å². The summed E-state index contributed by atoms with van der Waals surface area (Å²) < 4.78 is 40.9. The van der Waals surface area contributed by atoms with E-state index in [4.69, 9.17) is 19.9 Å². The third-order valence-corrected chi connectivity index (χ3v) is 13.0. The number of aliphatic hydroxyl groups is 4. The maximum absolute atomic E-state index is 13.9. The van der Waals surface area contributed by atoms with Gasteiger partial charge >= 0.3 is 15.2 Å². The third-order valence-electron chi connectivity index (χ3n) is 9.24. The number of benzene rings is 2. The van der Waals surface area contributed by atoms with Crippen LogP contribution in [0.25, 0.3) is 0 Å².